The number of rotatable bonds is 5. The first-order valence-corrected chi connectivity index (χ1v) is 7.52. The Hall–Kier alpha value is -0.390. The fourth-order valence-corrected chi connectivity index (χ4v) is 3.14. The van der Waals surface area contributed by atoms with E-state index in [2.05, 4.69) is 6.58 Å². The monoisotopic (exact) mass is 247 g/mol. The molecule has 0 spiro atoms. The maximum absolute atomic E-state index is 11.4. The lowest BCUT2D eigenvalue weighted by Crippen LogP contribution is -2.40. The Labute approximate surface area is 98.0 Å². The topological polar surface area (TPSA) is 57.6 Å². The summed E-state index contributed by atoms with van der Waals surface area (Å²) in [7, 11) is -3.08. The summed E-state index contributed by atoms with van der Waals surface area (Å²) in [5.74, 6) is 0.276. The van der Waals surface area contributed by atoms with Crippen molar-refractivity contribution >= 4 is 10.0 Å². The van der Waals surface area contributed by atoms with Gasteiger partial charge in [0.25, 0.3) is 0 Å². The lowest BCUT2D eigenvalue weighted by molar-refractivity contribution is 0.124. The standard InChI is InChI=1S/C11H21NO3S/c1-3-5-11(13)8-10-6-4-7-12(9-10)16(2,14)15/h3,10-11,13H,1,4-9H2,2H3. The summed E-state index contributed by atoms with van der Waals surface area (Å²) in [6.07, 6.45) is 5.69. The van der Waals surface area contributed by atoms with Crippen LogP contribution in [0.4, 0.5) is 0 Å². The molecular formula is C11H21NO3S. The van der Waals surface area contributed by atoms with Crippen molar-refractivity contribution in [1.82, 2.24) is 4.31 Å². The molecule has 4 nitrogen and oxygen atoms in total. The van der Waals surface area contributed by atoms with E-state index in [0.717, 1.165) is 12.8 Å². The van der Waals surface area contributed by atoms with Crippen LogP contribution in [-0.4, -0.2) is 43.3 Å². The van der Waals surface area contributed by atoms with Crippen LogP contribution in [-0.2, 0) is 10.0 Å². The molecule has 94 valence electrons. The molecule has 1 fully saturated rings. The zero-order chi connectivity index (χ0) is 12.2. The predicted octanol–water partition coefficient (Wildman–Crippen LogP) is 0.985. The number of sulfonamides is 1. The molecule has 0 aromatic heterocycles. The second-order valence-electron chi connectivity index (χ2n) is 4.54. The molecule has 0 radical (unpaired) electrons. The number of aliphatic hydroxyl groups excluding tert-OH is 1. The van der Waals surface area contributed by atoms with E-state index >= 15 is 0 Å². The smallest absolute Gasteiger partial charge is 0.211 e. The van der Waals surface area contributed by atoms with Crippen molar-refractivity contribution in [2.75, 3.05) is 19.3 Å². The van der Waals surface area contributed by atoms with Crippen LogP contribution in [0.2, 0.25) is 0 Å². The van der Waals surface area contributed by atoms with E-state index in [9.17, 15) is 13.5 Å². The van der Waals surface area contributed by atoms with Crippen LogP contribution in [0.15, 0.2) is 12.7 Å². The van der Waals surface area contributed by atoms with Crippen molar-refractivity contribution < 1.29 is 13.5 Å². The quantitative estimate of drug-likeness (QED) is 0.737. The van der Waals surface area contributed by atoms with E-state index in [1.54, 1.807) is 6.08 Å². The first-order chi connectivity index (χ1) is 7.43. The third-order valence-electron chi connectivity index (χ3n) is 2.99. The van der Waals surface area contributed by atoms with Gasteiger partial charge in [-0.1, -0.05) is 6.08 Å². The Bertz CT molecular complexity index is 326. The van der Waals surface area contributed by atoms with Crippen molar-refractivity contribution in [2.24, 2.45) is 5.92 Å². The van der Waals surface area contributed by atoms with Crippen molar-refractivity contribution in [2.45, 2.75) is 31.8 Å². The Morgan fingerprint density at radius 2 is 2.31 bits per heavy atom. The average molecular weight is 247 g/mol. The maximum Gasteiger partial charge on any atom is 0.211 e. The summed E-state index contributed by atoms with van der Waals surface area (Å²) in [6.45, 7) is 4.75. The molecule has 0 saturated carbocycles. The molecule has 1 heterocycles. The molecule has 1 rings (SSSR count). The van der Waals surface area contributed by atoms with Gasteiger partial charge in [0.15, 0.2) is 0 Å². The molecule has 5 heteroatoms. The molecule has 0 bridgehead atoms. The Morgan fingerprint density at radius 1 is 1.62 bits per heavy atom. The summed E-state index contributed by atoms with van der Waals surface area (Å²) in [4.78, 5) is 0. The molecule has 1 N–H and O–H groups in total. The van der Waals surface area contributed by atoms with Crippen LogP contribution in [0, 0.1) is 5.92 Å². The van der Waals surface area contributed by atoms with Crippen molar-refractivity contribution in [3.8, 4) is 0 Å². The zero-order valence-electron chi connectivity index (χ0n) is 9.80. The van der Waals surface area contributed by atoms with E-state index < -0.39 is 10.0 Å². The SMILES string of the molecule is C=CCC(O)CC1CCCN(S(C)(=O)=O)C1. The highest BCUT2D eigenvalue weighted by molar-refractivity contribution is 7.88. The third kappa shape index (κ3) is 4.23. The molecule has 0 amide bonds. The molecule has 0 aromatic rings. The van der Waals surface area contributed by atoms with Crippen molar-refractivity contribution in [3.05, 3.63) is 12.7 Å². The van der Waals surface area contributed by atoms with Crippen LogP contribution >= 0.6 is 0 Å². The maximum atomic E-state index is 11.4. The molecule has 1 saturated heterocycles. The van der Waals surface area contributed by atoms with Crippen molar-refractivity contribution in [1.29, 1.82) is 0 Å². The van der Waals surface area contributed by atoms with E-state index in [-0.39, 0.29) is 12.0 Å². The van der Waals surface area contributed by atoms with Gasteiger partial charge in [0.2, 0.25) is 10.0 Å². The van der Waals surface area contributed by atoms with Crippen molar-refractivity contribution in [3.63, 3.8) is 0 Å². The minimum absolute atomic E-state index is 0.276. The van der Waals surface area contributed by atoms with Gasteiger partial charge in [-0.15, -0.1) is 6.58 Å². The lowest BCUT2D eigenvalue weighted by Gasteiger charge is -2.31. The highest BCUT2D eigenvalue weighted by atomic mass is 32.2. The van der Waals surface area contributed by atoms with E-state index in [1.165, 1.54) is 10.6 Å². The summed E-state index contributed by atoms with van der Waals surface area (Å²) in [5.41, 5.74) is 0. The molecule has 2 atom stereocenters. The Morgan fingerprint density at radius 3 is 2.88 bits per heavy atom. The van der Waals surface area contributed by atoms with Gasteiger partial charge in [-0.3, -0.25) is 0 Å². The first kappa shape index (κ1) is 13.7. The summed E-state index contributed by atoms with van der Waals surface area (Å²) >= 11 is 0. The normalized spacial score (nSPS) is 25.2. The fourth-order valence-electron chi connectivity index (χ4n) is 2.19. The number of aliphatic hydroxyl groups is 1. The Kier molecular flexibility index (Phi) is 4.95. The van der Waals surface area contributed by atoms with Gasteiger partial charge in [0, 0.05) is 13.1 Å². The second-order valence-corrected chi connectivity index (χ2v) is 6.53. The number of hydrogen-bond donors (Lipinski definition) is 1. The largest absolute Gasteiger partial charge is 0.393 e. The third-order valence-corrected chi connectivity index (χ3v) is 4.26. The number of hydrogen-bond acceptors (Lipinski definition) is 3. The van der Waals surface area contributed by atoms with Crippen LogP contribution in [0.5, 0.6) is 0 Å². The van der Waals surface area contributed by atoms with Gasteiger partial charge in [-0.05, 0) is 31.6 Å². The molecule has 1 aliphatic rings. The Balaban J connectivity index is 2.48. The van der Waals surface area contributed by atoms with Crippen LogP contribution in [0.3, 0.4) is 0 Å². The lowest BCUT2D eigenvalue weighted by atomic mass is 9.92. The molecule has 16 heavy (non-hydrogen) atoms. The molecule has 1 aliphatic heterocycles. The molecule has 0 aromatic carbocycles. The van der Waals surface area contributed by atoms with Gasteiger partial charge in [-0.25, -0.2) is 12.7 Å². The highest BCUT2D eigenvalue weighted by Gasteiger charge is 2.26. The van der Waals surface area contributed by atoms with Gasteiger partial charge in [0.05, 0.1) is 12.4 Å². The summed E-state index contributed by atoms with van der Waals surface area (Å²) in [5, 5.41) is 9.65. The van der Waals surface area contributed by atoms with Crippen LogP contribution in [0.1, 0.15) is 25.7 Å². The molecular weight excluding hydrogens is 226 g/mol. The highest BCUT2D eigenvalue weighted by Crippen LogP contribution is 2.23. The first-order valence-electron chi connectivity index (χ1n) is 5.67. The van der Waals surface area contributed by atoms with Crippen LogP contribution < -0.4 is 0 Å². The van der Waals surface area contributed by atoms with E-state index in [4.69, 9.17) is 0 Å². The van der Waals surface area contributed by atoms with Gasteiger partial charge < -0.3 is 5.11 Å². The predicted molar refractivity (Wildman–Crippen MR) is 64.6 cm³/mol. The molecule has 0 aliphatic carbocycles. The number of nitrogens with zero attached hydrogens (tertiary/aromatic N) is 1. The minimum Gasteiger partial charge on any atom is -0.393 e. The zero-order valence-corrected chi connectivity index (χ0v) is 10.6. The van der Waals surface area contributed by atoms with Gasteiger partial charge in [-0.2, -0.15) is 0 Å². The van der Waals surface area contributed by atoms with Gasteiger partial charge in [0.1, 0.15) is 0 Å². The second kappa shape index (κ2) is 5.80. The summed E-state index contributed by atoms with van der Waals surface area (Å²) < 4.78 is 24.3. The average Bonchev–Trinajstić information content (AvgIpc) is 2.17. The summed E-state index contributed by atoms with van der Waals surface area (Å²) in [6, 6.07) is 0. The molecule has 2 unspecified atom stereocenters. The van der Waals surface area contributed by atoms with Gasteiger partial charge >= 0.3 is 0 Å². The number of piperidine rings is 1. The van der Waals surface area contributed by atoms with E-state index in [1.807, 2.05) is 0 Å². The van der Waals surface area contributed by atoms with E-state index in [0.29, 0.717) is 25.9 Å². The van der Waals surface area contributed by atoms with Crippen LogP contribution in [0.25, 0.3) is 0 Å². The fraction of sp³-hybridized carbons (Fsp3) is 0.818. The minimum atomic E-state index is -3.08.